The molecule has 1 aliphatic rings. The second-order valence-electron chi connectivity index (χ2n) is 4.89. The number of carboxylic acids is 1. The van der Waals surface area contributed by atoms with E-state index in [0.717, 1.165) is 9.40 Å². The first kappa shape index (κ1) is 12.6. The molecule has 2 atom stereocenters. The second-order valence-corrected chi connectivity index (χ2v) is 6.92. The van der Waals surface area contributed by atoms with Crippen LogP contribution in [0.15, 0.2) is 17.5 Å². The molecule has 3 rings (SSSR count). The Balaban J connectivity index is 1.81. The number of carbonyl (C=O) groups excluding carboxylic acids is 1. The smallest absolute Gasteiger partial charge is 0.308 e. The maximum atomic E-state index is 12.4. The third-order valence-corrected chi connectivity index (χ3v) is 5.65. The number of rotatable bonds is 2. The third-order valence-electron chi connectivity index (χ3n) is 3.57. The van der Waals surface area contributed by atoms with Gasteiger partial charge in [0.1, 0.15) is 0 Å². The average molecular weight is 295 g/mol. The van der Waals surface area contributed by atoms with E-state index in [0.29, 0.717) is 18.0 Å². The van der Waals surface area contributed by atoms with Crippen molar-refractivity contribution >= 4 is 43.9 Å². The first-order valence-electron chi connectivity index (χ1n) is 6.05. The van der Waals surface area contributed by atoms with Crippen molar-refractivity contribution in [3.05, 3.63) is 22.4 Å². The van der Waals surface area contributed by atoms with Gasteiger partial charge in [0.15, 0.2) is 0 Å². The van der Waals surface area contributed by atoms with E-state index in [9.17, 15) is 9.59 Å². The van der Waals surface area contributed by atoms with E-state index in [2.05, 4.69) is 0 Å². The molecule has 0 aromatic carbocycles. The van der Waals surface area contributed by atoms with Gasteiger partial charge in [0.25, 0.3) is 5.91 Å². The molecular formula is C13H13NO3S2. The molecule has 0 saturated carbocycles. The predicted octanol–water partition coefficient (Wildman–Crippen LogP) is 2.76. The molecule has 1 saturated heterocycles. The van der Waals surface area contributed by atoms with Gasteiger partial charge in [-0.15, -0.1) is 22.7 Å². The van der Waals surface area contributed by atoms with E-state index in [4.69, 9.17) is 5.11 Å². The van der Waals surface area contributed by atoms with Gasteiger partial charge in [-0.05, 0) is 23.4 Å². The summed E-state index contributed by atoms with van der Waals surface area (Å²) in [5.74, 6) is -1.27. The zero-order valence-corrected chi connectivity index (χ0v) is 12.0. The summed E-state index contributed by atoms with van der Waals surface area (Å²) in [7, 11) is 0. The Hall–Kier alpha value is -1.40. The molecule has 19 heavy (non-hydrogen) atoms. The summed E-state index contributed by atoms with van der Waals surface area (Å²) < 4.78 is 2.24. The summed E-state index contributed by atoms with van der Waals surface area (Å²) in [4.78, 5) is 25.8. The van der Waals surface area contributed by atoms with Crippen LogP contribution in [-0.4, -0.2) is 35.0 Å². The molecule has 1 N–H and O–H groups in total. The lowest BCUT2D eigenvalue weighted by Crippen LogP contribution is -2.29. The third kappa shape index (κ3) is 2.15. The Kier molecular flexibility index (Phi) is 3.06. The molecule has 0 unspecified atom stereocenters. The number of amides is 1. The number of likely N-dealkylation sites (tertiary alicyclic amines) is 1. The van der Waals surface area contributed by atoms with Crippen molar-refractivity contribution in [2.24, 2.45) is 11.8 Å². The van der Waals surface area contributed by atoms with Crippen LogP contribution in [0.1, 0.15) is 16.6 Å². The van der Waals surface area contributed by atoms with E-state index >= 15 is 0 Å². The highest BCUT2D eigenvalue weighted by Gasteiger charge is 2.37. The van der Waals surface area contributed by atoms with Crippen molar-refractivity contribution in [3.63, 3.8) is 0 Å². The SMILES string of the molecule is C[C@@H]1CN(C(=O)c2cc3sccc3s2)C[C@H]1C(=O)O. The zero-order valence-electron chi connectivity index (χ0n) is 10.3. The normalized spacial score (nSPS) is 23.1. The number of nitrogens with zero attached hydrogens (tertiary/aromatic N) is 1. The first-order chi connectivity index (χ1) is 9.06. The maximum Gasteiger partial charge on any atom is 0.308 e. The summed E-state index contributed by atoms with van der Waals surface area (Å²) in [6.07, 6.45) is 0. The van der Waals surface area contributed by atoms with Gasteiger partial charge in [-0.1, -0.05) is 6.92 Å². The summed E-state index contributed by atoms with van der Waals surface area (Å²) in [6, 6.07) is 3.92. The molecule has 1 aliphatic heterocycles. The highest BCUT2D eigenvalue weighted by molar-refractivity contribution is 7.27. The Morgan fingerprint density at radius 1 is 1.37 bits per heavy atom. The lowest BCUT2D eigenvalue weighted by Gasteiger charge is -2.14. The Labute approximate surface area is 118 Å². The fraction of sp³-hybridized carbons (Fsp3) is 0.385. The Bertz CT molecular complexity index is 617. The fourth-order valence-corrected chi connectivity index (χ4v) is 4.56. The minimum atomic E-state index is -0.810. The predicted molar refractivity (Wildman–Crippen MR) is 75.9 cm³/mol. The molecule has 0 spiro atoms. The maximum absolute atomic E-state index is 12.4. The molecule has 1 amide bonds. The van der Waals surface area contributed by atoms with Gasteiger partial charge in [-0.25, -0.2) is 0 Å². The first-order valence-corrected chi connectivity index (χ1v) is 7.75. The lowest BCUT2D eigenvalue weighted by atomic mass is 9.99. The van der Waals surface area contributed by atoms with Crippen LogP contribution in [0.4, 0.5) is 0 Å². The number of hydrogen-bond acceptors (Lipinski definition) is 4. The van der Waals surface area contributed by atoms with E-state index in [1.54, 1.807) is 16.2 Å². The van der Waals surface area contributed by atoms with Gasteiger partial charge in [0, 0.05) is 22.5 Å². The van der Waals surface area contributed by atoms with Crippen LogP contribution >= 0.6 is 22.7 Å². The number of carboxylic acid groups (broad SMARTS) is 1. The van der Waals surface area contributed by atoms with Gasteiger partial charge in [-0.2, -0.15) is 0 Å². The molecule has 4 nitrogen and oxygen atoms in total. The molecule has 6 heteroatoms. The van der Waals surface area contributed by atoms with Crippen LogP contribution in [0, 0.1) is 11.8 Å². The minimum absolute atomic E-state index is 0.0162. The monoisotopic (exact) mass is 295 g/mol. The second kappa shape index (κ2) is 4.61. The standard InChI is InChI=1S/C13H13NO3S2/c1-7-5-14(6-8(7)13(16)17)12(15)11-4-10-9(19-11)2-3-18-10/h2-4,7-8H,5-6H2,1H3,(H,16,17)/t7-,8-/m1/s1. The molecule has 0 radical (unpaired) electrons. The van der Waals surface area contributed by atoms with Crippen molar-refractivity contribution in [1.82, 2.24) is 4.90 Å². The summed E-state index contributed by atoms with van der Waals surface area (Å²) in [5.41, 5.74) is 0. The summed E-state index contributed by atoms with van der Waals surface area (Å²) in [5, 5.41) is 11.1. The van der Waals surface area contributed by atoms with E-state index in [-0.39, 0.29) is 11.8 Å². The largest absolute Gasteiger partial charge is 0.481 e. The van der Waals surface area contributed by atoms with Crippen LogP contribution in [0.5, 0.6) is 0 Å². The Morgan fingerprint density at radius 2 is 2.16 bits per heavy atom. The molecule has 2 aromatic rings. The number of aliphatic carboxylic acids is 1. The van der Waals surface area contributed by atoms with Crippen LogP contribution in [0.25, 0.3) is 9.40 Å². The van der Waals surface area contributed by atoms with Crippen LogP contribution in [0.2, 0.25) is 0 Å². The van der Waals surface area contributed by atoms with E-state index < -0.39 is 11.9 Å². The number of fused-ring (bicyclic) bond motifs is 1. The van der Waals surface area contributed by atoms with Gasteiger partial charge in [0.05, 0.1) is 10.8 Å². The van der Waals surface area contributed by atoms with Crippen molar-refractivity contribution < 1.29 is 14.7 Å². The van der Waals surface area contributed by atoms with Crippen molar-refractivity contribution in [2.45, 2.75) is 6.92 Å². The summed E-state index contributed by atoms with van der Waals surface area (Å²) in [6.45, 7) is 2.74. The van der Waals surface area contributed by atoms with Gasteiger partial charge in [0.2, 0.25) is 0 Å². The minimum Gasteiger partial charge on any atom is -0.481 e. The molecular weight excluding hydrogens is 282 g/mol. The number of carbonyl (C=O) groups is 2. The topological polar surface area (TPSA) is 57.6 Å². The van der Waals surface area contributed by atoms with Crippen LogP contribution < -0.4 is 0 Å². The van der Waals surface area contributed by atoms with Gasteiger partial charge >= 0.3 is 5.97 Å². The molecule has 0 aliphatic carbocycles. The van der Waals surface area contributed by atoms with Crippen molar-refractivity contribution in [1.29, 1.82) is 0 Å². The van der Waals surface area contributed by atoms with Gasteiger partial charge < -0.3 is 10.0 Å². The summed E-state index contributed by atoms with van der Waals surface area (Å²) >= 11 is 3.10. The van der Waals surface area contributed by atoms with Crippen molar-refractivity contribution in [2.75, 3.05) is 13.1 Å². The molecule has 100 valence electrons. The average Bonchev–Trinajstić information content (AvgIpc) is 2.99. The Morgan fingerprint density at radius 3 is 2.79 bits per heavy atom. The van der Waals surface area contributed by atoms with E-state index in [1.807, 2.05) is 24.4 Å². The van der Waals surface area contributed by atoms with Gasteiger partial charge in [-0.3, -0.25) is 9.59 Å². The highest BCUT2D eigenvalue weighted by atomic mass is 32.1. The van der Waals surface area contributed by atoms with Crippen LogP contribution in [0.3, 0.4) is 0 Å². The molecule has 2 aromatic heterocycles. The molecule has 3 heterocycles. The fourth-order valence-electron chi connectivity index (χ4n) is 2.48. The number of thiophene rings is 2. The number of hydrogen-bond donors (Lipinski definition) is 1. The van der Waals surface area contributed by atoms with Crippen LogP contribution in [-0.2, 0) is 4.79 Å². The highest BCUT2D eigenvalue weighted by Crippen LogP contribution is 2.32. The quantitative estimate of drug-likeness (QED) is 0.927. The lowest BCUT2D eigenvalue weighted by molar-refractivity contribution is -0.142. The molecule has 0 bridgehead atoms. The zero-order chi connectivity index (χ0) is 13.6. The van der Waals surface area contributed by atoms with E-state index in [1.165, 1.54) is 11.3 Å². The van der Waals surface area contributed by atoms with Crippen molar-refractivity contribution in [3.8, 4) is 0 Å². The molecule has 1 fully saturated rings.